The van der Waals surface area contributed by atoms with Crippen LogP contribution in [-0.4, -0.2) is 26.2 Å². The molecule has 0 aromatic heterocycles. The normalized spacial score (nSPS) is 12.7. The first-order valence-corrected chi connectivity index (χ1v) is 7.81. The molecular weight excluding hydrogens is 320 g/mol. The van der Waals surface area contributed by atoms with Gasteiger partial charge in [-0.1, -0.05) is 6.07 Å². The van der Waals surface area contributed by atoms with Crippen molar-refractivity contribution in [2.45, 2.75) is 16.9 Å². The highest BCUT2D eigenvalue weighted by Gasteiger charge is 2.28. The van der Waals surface area contributed by atoms with Crippen molar-refractivity contribution >= 4 is 21.8 Å². The molecule has 0 heterocycles. The summed E-state index contributed by atoms with van der Waals surface area (Å²) in [7, 11) is -4.18. The zero-order valence-corrected chi connectivity index (χ0v) is 11.7. The van der Waals surface area contributed by atoms with E-state index < -0.39 is 38.5 Å². The van der Waals surface area contributed by atoms with Crippen LogP contribution in [0.4, 0.5) is 17.6 Å². The van der Waals surface area contributed by atoms with Gasteiger partial charge in [0.1, 0.15) is 10.7 Å². The third-order valence-corrected chi connectivity index (χ3v) is 4.41. The average Bonchev–Trinajstić information content (AvgIpc) is 2.33. The number of thioether (sulfide) groups is 1. The van der Waals surface area contributed by atoms with E-state index in [1.807, 2.05) is 4.72 Å². The van der Waals surface area contributed by atoms with Crippen molar-refractivity contribution in [2.24, 2.45) is 5.73 Å². The number of sulfonamides is 1. The Labute approximate surface area is 117 Å². The zero-order valence-electron chi connectivity index (χ0n) is 10.1. The van der Waals surface area contributed by atoms with Gasteiger partial charge in [0, 0.05) is 18.8 Å². The van der Waals surface area contributed by atoms with Crippen LogP contribution in [0.3, 0.4) is 0 Å². The molecule has 0 fully saturated rings. The Morgan fingerprint density at radius 2 is 1.95 bits per heavy atom. The largest absolute Gasteiger partial charge is 0.441 e. The first-order valence-electron chi connectivity index (χ1n) is 5.34. The summed E-state index contributed by atoms with van der Waals surface area (Å²) in [5.41, 5.74) is 1.26. The molecule has 4 nitrogen and oxygen atoms in total. The number of nitrogens with two attached hydrogens (primary N) is 1. The van der Waals surface area contributed by atoms with Gasteiger partial charge in [-0.05, 0) is 29.5 Å². The van der Waals surface area contributed by atoms with E-state index in [2.05, 4.69) is 0 Å². The van der Waals surface area contributed by atoms with E-state index in [4.69, 9.17) is 5.73 Å². The average molecular weight is 332 g/mol. The molecule has 0 saturated heterocycles. The standard InChI is InChI=1S/C10H12F4N2O2S2/c11-8-5-7(6-15)1-2-9(8)20(17,18)16-3-4-19-10(12,13)14/h1-2,5,16H,3-4,6,15H2. The number of nitrogens with one attached hydrogen (secondary N) is 1. The predicted molar refractivity (Wildman–Crippen MR) is 68.0 cm³/mol. The first kappa shape index (κ1) is 17.2. The van der Waals surface area contributed by atoms with E-state index in [0.717, 1.165) is 12.1 Å². The fourth-order valence-corrected chi connectivity index (χ4v) is 2.96. The van der Waals surface area contributed by atoms with Crippen molar-refractivity contribution in [3.8, 4) is 0 Å². The van der Waals surface area contributed by atoms with Gasteiger partial charge < -0.3 is 5.73 Å². The zero-order chi connectivity index (χ0) is 15.4. The van der Waals surface area contributed by atoms with E-state index in [1.165, 1.54) is 6.07 Å². The van der Waals surface area contributed by atoms with Crippen molar-refractivity contribution < 1.29 is 26.0 Å². The van der Waals surface area contributed by atoms with Gasteiger partial charge in [0.05, 0.1) is 0 Å². The predicted octanol–water partition coefficient (Wildman–Crippen LogP) is 1.82. The molecule has 0 bridgehead atoms. The van der Waals surface area contributed by atoms with Crippen LogP contribution in [-0.2, 0) is 16.6 Å². The maximum atomic E-state index is 13.6. The van der Waals surface area contributed by atoms with E-state index in [-0.39, 0.29) is 18.3 Å². The third kappa shape index (κ3) is 5.27. The van der Waals surface area contributed by atoms with Gasteiger partial charge in [0.15, 0.2) is 0 Å². The molecule has 0 saturated carbocycles. The van der Waals surface area contributed by atoms with E-state index >= 15 is 0 Å². The molecule has 0 unspecified atom stereocenters. The quantitative estimate of drug-likeness (QED) is 0.616. The lowest BCUT2D eigenvalue weighted by atomic mass is 10.2. The molecule has 1 aromatic rings. The topological polar surface area (TPSA) is 72.2 Å². The Morgan fingerprint density at radius 1 is 1.30 bits per heavy atom. The van der Waals surface area contributed by atoms with Crippen LogP contribution in [0.15, 0.2) is 23.1 Å². The van der Waals surface area contributed by atoms with Crippen molar-refractivity contribution in [1.82, 2.24) is 4.72 Å². The van der Waals surface area contributed by atoms with Crippen LogP contribution in [0.25, 0.3) is 0 Å². The van der Waals surface area contributed by atoms with Crippen molar-refractivity contribution in [2.75, 3.05) is 12.3 Å². The van der Waals surface area contributed by atoms with E-state index in [9.17, 15) is 26.0 Å². The second kappa shape index (κ2) is 6.74. The number of rotatable bonds is 6. The van der Waals surface area contributed by atoms with Crippen molar-refractivity contribution in [1.29, 1.82) is 0 Å². The summed E-state index contributed by atoms with van der Waals surface area (Å²) in [4.78, 5) is -0.619. The Kier molecular flexibility index (Phi) is 5.80. The van der Waals surface area contributed by atoms with Gasteiger partial charge in [0.2, 0.25) is 10.0 Å². The summed E-state index contributed by atoms with van der Waals surface area (Å²) in [5, 5.41) is 0. The van der Waals surface area contributed by atoms with Crippen LogP contribution in [0.2, 0.25) is 0 Å². The maximum absolute atomic E-state index is 13.6. The lowest BCUT2D eigenvalue weighted by Gasteiger charge is -2.09. The highest BCUT2D eigenvalue weighted by atomic mass is 32.2. The first-order chi connectivity index (χ1) is 9.15. The van der Waals surface area contributed by atoms with Crippen LogP contribution in [0.1, 0.15) is 5.56 Å². The molecule has 0 amide bonds. The SMILES string of the molecule is NCc1ccc(S(=O)(=O)NCCSC(F)(F)F)c(F)c1. The highest BCUT2D eigenvalue weighted by Crippen LogP contribution is 2.29. The molecule has 0 aliphatic heterocycles. The van der Waals surface area contributed by atoms with Crippen LogP contribution in [0, 0.1) is 5.82 Å². The molecule has 20 heavy (non-hydrogen) atoms. The summed E-state index contributed by atoms with van der Waals surface area (Å²) in [6.45, 7) is -0.405. The number of hydrogen-bond donors (Lipinski definition) is 2. The van der Waals surface area contributed by atoms with E-state index in [1.54, 1.807) is 0 Å². The lowest BCUT2D eigenvalue weighted by molar-refractivity contribution is -0.0327. The Morgan fingerprint density at radius 3 is 2.45 bits per heavy atom. The van der Waals surface area contributed by atoms with Crippen LogP contribution in [0.5, 0.6) is 0 Å². The molecule has 0 radical (unpaired) electrons. The second-order valence-electron chi connectivity index (χ2n) is 3.66. The number of alkyl halides is 3. The maximum Gasteiger partial charge on any atom is 0.441 e. The van der Waals surface area contributed by atoms with Gasteiger partial charge >= 0.3 is 5.51 Å². The summed E-state index contributed by atoms with van der Waals surface area (Å²) in [6.07, 6.45) is 0. The highest BCUT2D eigenvalue weighted by molar-refractivity contribution is 8.00. The minimum atomic E-state index is -4.43. The van der Waals surface area contributed by atoms with Gasteiger partial charge in [-0.2, -0.15) is 13.2 Å². The number of hydrogen-bond acceptors (Lipinski definition) is 4. The van der Waals surface area contributed by atoms with Crippen LogP contribution < -0.4 is 10.5 Å². The van der Waals surface area contributed by atoms with Crippen molar-refractivity contribution in [3.05, 3.63) is 29.6 Å². The fourth-order valence-electron chi connectivity index (χ4n) is 1.31. The molecule has 0 aliphatic carbocycles. The molecule has 0 atom stereocenters. The molecule has 114 valence electrons. The van der Waals surface area contributed by atoms with Gasteiger partial charge in [-0.3, -0.25) is 0 Å². The Bertz CT molecular complexity index is 561. The molecule has 10 heteroatoms. The fraction of sp³-hybridized carbons (Fsp3) is 0.400. The summed E-state index contributed by atoms with van der Waals surface area (Å²) in [5.74, 6) is -1.49. The third-order valence-electron chi connectivity index (χ3n) is 2.18. The Balaban J connectivity index is 2.70. The molecule has 0 aliphatic rings. The summed E-state index contributed by atoms with van der Waals surface area (Å²) < 4.78 is 74.5. The minimum absolute atomic E-state index is 0.0485. The van der Waals surface area contributed by atoms with Gasteiger partial charge in [0.25, 0.3) is 0 Å². The van der Waals surface area contributed by atoms with Crippen molar-refractivity contribution in [3.63, 3.8) is 0 Å². The van der Waals surface area contributed by atoms with E-state index in [0.29, 0.717) is 5.56 Å². The summed E-state index contributed by atoms with van der Waals surface area (Å²) >= 11 is -0.358. The summed E-state index contributed by atoms with van der Waals surface area (Å²) in [6, 6.07) is 3.33. The molecule has 0 spiro atoms. The number of halogens is 4. The lowest BCUT2D eigenvalue weighted by Crippen LogP contribution is -2.27. The number of benzene rings is 1. The Hall–Kier alpha value is -0.840. The smallest absolute Gasteiger partial charge is 0.326 e. The molecular formula is C10H12F4N2O2S2. The van der Waals surface area contributed by atoms with Gasteiger partial charge in [-0.25, -0.2) is 17.5 Å². The molecule has 1 aromatic carbocycles. The minimum Gasteiger partial charge on any atom is -0.326 e. The monoisotopic (exact) mass is 332 g/mol. The molecule has 1 rings (SSSR count). The molecule has 3 N–H and O–H groups in total. The van der Waals surface area contributed by atoms with Crippen LogP contribution >= 0.6 is 11.8 Å². The van der Waals surface area contributed by atoms with Gasteiger partial charge in [-0.15, -0.1) is 0 Å². The second-order valence-corrected chi connectivity index (χ2v) is 6.56.